The minimum atomic E-state index is -0.926. The summed E-state index contributed by atoms with van der Waals surface area (Å²) in [5.74, 6) is -0.166. The Kier molecular flexibility index (Phi) is 4.48. The highest BCUT2D eigenvalue weighted by atomic mass is 32.2. The predicted octanol–water partition coefficient (Wildman–Crippen LogP) is -0.651. The number of carbonyl (C=O) groups excluding carboxylic acids is 1. The van der Waals surface area contributed by atoms with Crippen LogP contribution in [0.15, 0.2) is 12.4 Å². The van der Waals surface area contributed by atoms with E-state index in [1.807, 2.05) is 6.92 Å². The van der Waals surface area contributed by atoms with Gasteiger partial charge >= 0.3 is 0 Å². The van der Waals surface area contributed by atoms with Gasteiger partial charge in [0.2, 0.25) is 5.91 Å². The molecule has 1 heterocycles. The summed E-state index contributed by atoms with van der Waals surface area (Å²) in [4.78, 5) is 11.4. The average molecular weight is 244 g/mol. The fourth-order valence-corrected chi connectivity index (χ4v) is 1.36. The van der Waals surface area contributed by atoms with Crippen LogP contribution >= 0.6 is 0 Å². The van der Waals surface area contributed by atoms with Crippen molar-refractivity contribution >= 4 is 22.4 Å². The Balaban J connectivity index is 2.34. The smallest absolute Gasteiger partial charge is 0.241 e. The van der Waals surface area contributed by atoms with Crippen molar-refractivity contribution < 1.29 is 9.00 Å². The number of anilines is 1. The summed E-state index contributed by atoms with van der Waals surface area (Å²) in [7, 11) is -0.926. The van der Waals surface area contributed by atoms with Gasteiger partial charge in [0.1, 0.15) is 6.54 Å². The molecule has 0 saturated carbocycles. The summed E-state index contributed by atoms with van der Waals surface area (Å²) < 4.78 is 12.5. The Hall–Kier alpha value is -1.37. The van der Waals surface area contributed by atoms with Gasteiger partial charge in [-0.3, -0.25) is 13.7 Å². The average Bonchev–Trinajstić information content (AvgIpc) is 2.60. The Morgan fingerprint density at radius 3 is 2.94 bits per heavy atom. The molecule has 1 aromatic heterocycles. The molecule has 0 bridgehead atoms. The lowest BCUT2D eigenvalue weighted by atomic mass is 10.4. The van der Waals surface area contributed by atoms with E-state index in [9.17, 15) is 9.00 Å². The quantitative estimate of drug-likeness (QED) is 0.720. The molecule has 1 rings (SSSR count). The lowest BCUT2D eigenvalue weighted by Crippen LogP contribution is -2.34. The molecule has 0 aliphatic rings. The molecule has 3 N–H and O–H groups in total. The minimum Gasteiger partial charge on any atom is -0.396 e. The molecule has 0 aromatic carbocycles. The number of hydrogen-bond donors (Lipinski definition) is 2. The summed E-state index contributed by atoms with van der Waals surface area (Å²) in [5, 5.41) is 6.53. The van der Waals surface area contributed by atoms with Crippen LogP contribution in [0.3, 0.4) is 0 Å². The van der Waals surface area contributed by atoms with Gasteiger partial charge in [0.05, 0.1) is 11.9 Å². The van der Waals surface area contributed by atoms with E-state index in [2.05, 4.69) is 10.4 Å². The highest BCUT2D eigenvalue weighted by Gasteiger charge is 2.09. The maximum absolute atomic E-state index is 11.4. The van der Waals surface area contributed by atoms with Gasteiger partial charge in [-0.2, -0.15) is 5.10 Å². The number of hydrogen-bond acceptors (Lipinski definition) is 4. The van der Waals surface area contributed by atoms with E-state index in [-0.39, 0.29) is 17.7 Å². The molecule has 0 fully saturated rings. The Labute approximate surface area is 96.7 Å². The van der Waals surface area contributed by atoms with Crippen molar-refractivity contribution in [1.82, 2.24) is 15.1 Å². The van der Waals surface area contributed by atoms with E-state index in [0.717, 1.165) is 0 Å². The molecule has 6 nitrogen and oxygen atoms in total. The molecule has 2 unspecified atom stereocenters. The van der Waals surface area contributed by atoms with E-state index >= 15 is 0 Å². The van der Waals surface area contributed by atoms with Crippen LogP contribution in [0, 0.1) is 0 Å². The predicted molar refractivity (Wildman–Crippen MR) is 63.2 cm³/mol. The van der Waals surface area contributed by atoms with E-state index in [1.54, 1.807) is 12.5 Å². The topological polar surface area (TPSA) is 90.0 Å². The SMILES string of the molecule is CC(CNC(=O)Cn1cc(N)cn1)S(C)=O. The van der Waals surface area contributed by atoms with Crippen LogP contribution < -0.4 is 11.1 Å². The second-order valence-electron chi connectivity index (χ2n) is 3.58. The van der Waals surface area contributed by atoms with Crippen molar-refractivity contribution in [2.24, 2.45) is 0 Å². The van der Waals surface area contributed by atoms with Crippen LogP contribution in [0.1, 0.15) is 6.92 Å². The van der Waals surface area contributed by atoms with Gasteiger partial charge in [0, 0.05) is 35.0 Å². The molecule has 1 aromatic rings. The highest BCUT2D eigenvalue weighted by molar-refractivity contribution is 7.84. The standard InChI is InChI=1S/C9H16N4O2S/c1-7(16(2)15)3-11-9(14)6-13-5-8(10)4-12-13/h4-5,7H,3,6,10H2,1-2H3,(H,11,14). The molecule has 0 radical (unpaired) electrons. The lowest BCUT2D eigenvalue weighted by molar-refractivity contribution is -0.121. The fourth-order valence-electron chi connectivity index (χ4n) is 1.04. The number of nitrogen functional groups attached to an aromatic ring is 1. The van der Waals surface area contributed by atoms with Crippen LogP contribution in [0.2, 0.25) is 0 Å². The maximum Gasteiger partial charge on any atom is 0.241 e. The number of amides is 1. The first-order chi connectivity index (χ1) is 7.49. The number of rotatable bonds is 5. The van der Waals surface area contributed by atoms with Crippen molar-refractivity contribution in [2.45, 2.75) is 18.7 Å². The van der Waals surface area contributed by atoms with Crippen molar-refractivity contribution in [1.29, 1.82) is 0 Å². The Morgan fingerprint density at radius 1 is 1.75 bits per heavy atom. The summed E-state index contributed by atoms with van der Waals surface area (Å²) in [6, 6.07) is 0. The molecule has 0 aliphatic heterocycles. The largest absolute Gasteiger partial charge is 0.396 e. The number of nitrogens with two attached hydrogens (primary N) is 1. The molecular weight excluding hydrogens is 228 g/mol. The first-order valence-electron chi connectivity index (χ1n) is 4.86. The van der Waals surface area contributed by atoms with Crippen LogP contribution in [0.5, 0.6) is 0 Å². The summed E-state index contributed by atoms with van der Waals surface area (Å²) in [6.45, 7) is 2.35. The van der Waals surface area contributed by atoms with Crippen LogP contribution in [0.4, 0.5) is 5.69 Å². The van der Waals surface area contributed by atoms with Gasteiger partial charge in [-0.15, -0.1) is 0 Å². The normalized spacial score (nSPS) is 14.4. The molecule has 0 spiro atoms. The third-order valence-corrected chi connectivity index (χ3v) is 3.41. The fraction of sp³-hybridized carbons (Fsp3) is 0.556. The Bertz CT molecular complexity index is 391. The molecule has 0 aliphatic carbocycles. The number of nitrogens with one attached hydrogen (secondary N) is 1. The minimum absolute atomic E-state index is 0.0494. The number of carbonyl (C=O) groups is 1. The van der Waals surface area contributed by atoms with Crippen molar-refractivity contribution in [3.8, 4) is 0 Å². The molecule has 1 amide bonds. The molecule has 7 heteroatoms. The zero-order valence-corrected chi connectivity index (χ0v) is 10.2. The summed E-state index contributed by atoms with van der Waals surface area (Å²) >= 11 is 0. The van der Waals surface area contributed by atoms with Crippen LogP contribution in [-0.4, -0.2) is 37.9 Å². The van der Waals surface area contributed by atoms with E-state index in [4.69, 9.17) is 5.73 Å². The van der Waals surface area contributed by atoms with Gasteiger partial charge in [-0.1, -0.05) is 0 Å². The van der Waals surface area contributed by atoms with Gasteiger partial charge in [-0.05, 0) is 6.92 Å². The van der Waals surface area contributed by atoms with E-state index in [0.29, 0.717) is 12.2 Å². The highest BCUT2D eigenvalue weighted by Crippen LogP contribution is 1.97. The van der Waals surface area contributed by atoms with Gasteiger partial charge in [-0.25, -0.2) is 0 Å². The monoisotopic (exact) mass is 244 g/mol. The van der Waals surface area contributed by atoms with Gasteiger partial charge in [0.25, 0.3) is 0 Å². The van der Waals surface area contributed by atoms with Gasteiger partial charge in [0.15, 0.2) is 0 Å². The molecular formula is C9H16N4O2S. The summed E-state index contributed by atoms with van der Waals surface area (Å²) in [6.07, 6.45) is 4.68. The van der Waals surface area contributed by atoms with E-state index in [1.165, 1.54) is 10.9 Å². The zero-order chi connectivity index (χ0) is 12.1. The second-order valence-corrected chi connectivity index (χ2v) is 5.39. The molecule has 2 atom stereocenters. The molecule has 16 heavy (non-hydrogen) atoms. The number of aromatic nitrogens is 2. The zero-order valence-electron chi connectivity index (χ0n) is 9.34. The third-order valence-electron chi connectivity index (χ3n) is 2.11. The van der Waals surface area contributed by atoms with E-state index < -0.39 is 10.8 Å². The Morgan fingerprint density at radius 2 is 2.44 bits per heavy atom. The summed E-state index contributed by atoms with van der Waals surface area (Å²) in [5.41, 5.74) is 5.98. The lowest BCUT2D eigenvalue weighted by Gasteiger charge is -2.09. The van der Waals surface area contributed by atoms with Crippen molar-refractivity contribution in [2.75, 3.05) is 18.5 Å². The molecule has 0 saturated heterocycles. The second kappa shape index (κ2) is 5.64. The first kappa shape index (κ1) is 12.7. The number of nitrogens with zero attached hydrogens (tertiary/aromatic N) is 2. The first-order valence-corrected chi connectivity index (χ1v) is 6.48. The maximum atomic E-state index is 11.4. The van der Waals surface area contributed by atoms with Crippen LogP contribution in [-0.2, 0) is 22.1 Å². The van der Waals surface area contributed by atoms with Gasteiger partial charge < -0.3 is 11.1 Å². The van der Waals surface area contributed by atoms with Crippen LogP contribution in [0.25, 0.3) is 0 Å². The van der Waals surface area contributed by atoms with Crippen molar-refractivity contribution in [3.05, 3.63) is 12.4 Å². The third kappa shape index (κ3) is 4.01. The van der Waals surface area contributed by atoms with Crippen molar-refractivity contribution in [3.63, 3.8) is 0 Å². The molecule has 90 valence electrons.